The number of carbonyl (C=O) groups is 1. The Labute approximate surface area is 84.5 Å². The van der Waals surface area contributed by atoms with Gasteiger partial charge in [-0.05, 0) is 24.1 Å². The van der Waals surface area contributed by atoms with Gasteiger partial charge in [0.1, 0.15) is 0 Å². The summed E-state index contributed by atoms with van der Waals surface area (Å²) in [4.78, 5) is 10.7. The first-order valence-corrected chi connectivity index (χ1v) is 4.12. The van der Waals surface area contributed by atoms with Crippen LogP contribution in [0.1, 0.15) is 29.3 Å². The van der Waals surface area contributed by atoms with Crippen LogP contribution in [-0.4, -0.2) is 5.91 Å². The van der Waals surface area contributed by atoms with Gasteiger partial charge in [0.05, 0.1) is 0 Å². The van der Waals surface area contributed by atoms with Crippen molar-refractivity contribution in [3.63, 3.8) is 0 Å². The number of aryl methyl sites for hydroxylation is 1. The van der Waals surface area contributed by atoms with E-state index in [1.54, 1.807) is 12.1 Å². The predicted octanol–water partition coefficient (Wildman–Crippen LogP) is 2.16. The molecule has 2 N–H and O–H groups in total. The van der Waals surface area contributed by atoms with Gasteiger partial charge in [0.15, 0.2) is 0 Å². The van der Waals surface area contributed by atoms with Gasteiger partial charge in [0.25, 0.3) is 0 Å². The smallest absolute Gasteiger partial charge is 0.248 e. The Morgan fingerprint density at radius 2 is 1.85 bits per heavy atom. The second-order valence-corrected chi connectivity index (χ2v) is 2.81. The van der Waals surface area contributed by atoms with E-state index in [0.717, 1.165) is 12.8 Å². The van der Waals surface area contributed by atoms with Gasteiger partial charge in [-0.2, -0.15) is 0 Å². The number of hydrogen-bond acceptors (Lipinski definition) is 1. The molecule has 0 aliphatic rings. The van der Waals surface area contributed by atoms with E-state index in [-0.39, 0.29) is 18.3 Å². The van der Waals surface area contributed by atoms with E-state index >= 15 is 0 Å². The van der Waals surface area contributed by atoms with E-state index in [1.165, 1.54) is 5.56 Å². The molecular formula is C10H14ClNO. The lowest BCUT2D eigenvalue weighted by Gasteiger charge is -1.98. The molecule has 2 nitrogen and oxygen atoms in total. The lowest BCUT2D eigenvalue weighted by Crippen LogP contribution is -2.10. The van der Waals surface area contributed by atoms with Crippen LogP contribution in [0.15, 0.2) is 24.3 Å². The molecule has 0 heterocycles. The Balaban J connectivity index is 0.00000144. The number of amides is 1. The Morgan fingerprint density at radius 1 is 1.31 bits per heavy atom. The van der Waals surface area contributed by atoms with E-state index in [9.17, 15) is 4.79 Å². The maximum absolute atomic E-state index is 10.7. The minimum absolute atomic E-state index is 0. The molecule has 3 heteroatoms. The first-order valence-electron chi connectivity index (χ1n) is 4.12. The van der Waals surface area contributed by atoms with Crippen molar-refractivity contribution in [2.45, 2.75) is 19.8 Å². The van der Waals surface area contributed by atoms with Crippen molar-refractivity contribution in [2.24, 2.45) is 5.73 Å². The van der Waals surface area contributed by atoms with E-state index in [0.29, 0.717) is 5.56 Å². The highest BCUT2D eigenvalue weighted by Gasteiger charge is 1.98. The lowest BCUT2D eigenvalue weighted by atomic mass is 10.1. The maximum atomic E-state index is 10.7. The Hall–Kier alpha value is -1.02. The van der Waals surface area contributed by atoms with Crippen LogP contribution in [-0.2, 0) is 6.42 Å². The third-order valence-corrected chi connectivity index (χ3v) is 1.78. The van der Waals surface area contributed by atoms with E-state index in [1.807, 2.05) is 12.1 Å². The molecule has 0 aliphatic carbocycles. The Kier molecular flexibility index (Phi) is 5.16. The molecular weight excluding hydrogens is 186 g/mol. The molecule has 1 aromatic rings. The highest BCUT2D eigenvalue weighted by atomic mass is 35.5. The second kappa shape index (κ2) is 5.60. The summed E-state index contributed by atoms with van der Waals surface area (Å²) in [5.74, 6) is -0.363. The molecule has 1 aromatic carbocycles. The van der Waals surface area contributed by atoms with Crippen molar-refractivity contribution in [2.75, 3.05) is 0 Å². The average molecular weight is 200 g/mol. The summed E-state index contributed by atoms with van der Waals surface area (Å²) in [7, 11) is 0. The number of benzene rings is 1. The second-order valence-electron chi connectivity index (χ2n) is 2.81. The van der Waals surface area contributed by atoms with Crippen LogP contribution >= 0.6 is 12.4 Å². The highest BCUT2D eigenvalue weighted by Crippen LogP contribution is 2.05. The molecule has 0 aromatic heterocycles. The van der Waals surface area contributed by atoms with Crippen molar-refractivity contribution >= 4 is 18.3 Å². The molecule has 1 amide bonds. The van der Waals surface area contributed by atoms with Crippen molar-refractivity contribution in [3.05, 3.63) is 35.4 Å². The largest absolute Gasteiger partial charge is 0.366 e. The van der Waals surface area contributed by atoms with Gasteiger partial charge in [0, 0.05) is 5.56 Å². The molecule has 0 unspecified atom stereocenters. The number of rotatable bonds is 3. The van der Waals surface area contributed by atoms with Gasteiger partial charge < -0.3 is 5.73 Å². The van der Waals surface area contributed by atoms with E-state index in [4.69, 9.17) is 5.73 Å². The molecule has 1 rings (SSSR count). The fourth-order valence-electron chi connectivity index (χ4n) is 1.12. The van der Waals surface area contributed by atoms with Crippen LogP contribution in [0.5, 0.6) is 0 Å². The number of halogens is 1. The molecule has 0 saturated carbocycles. The van der Waals surface area contributed by atoms with Gasteiger partial charge in [-0.15, -0.1) is 12.4 Å². The molecule has 0 fully saturated rings. The summed E-state index contributed by atoms with van der Waals surface area (Å²) in [5.41, 5.74) is 6.93. The zero-order valence-electron chi connectivity index (χ0n) is 7.62. The van der Waals surface area contributed by atoms with Gasteiger partial charge >= 0.3 is 0 Å². The number of primary amides is 1. The molecule has 0 saturated heterocycles. The maximum Gasteiger partial charge on any atom is 0.248 e. The summed E-state index contributed by atoms with van der Waals surface area (Å²) in [5, 5.41) is 0. The monoisotopic (exact) mass is 199 g/mol. The molecule has 0 spiro atoms. The van der Waals surface area contributed by atoms with Crippen LogP contribution in [0.3, 0.4) is 0 Å². The first-order chi connectivity index (χ1) is 5.74. The molecule has 0 aliphatic heterocycles. The third-order valence-electron chi connectivity index (χ3n) is 1.78. The number of carbonyl (C=O) groups excluding carboxylic acids is 1. The fourth-order valence-corrected chi connectivity index (χ4v) is 1.12. The Morgan fingerprint density at radius 3 is 2.23 bits per heavy atom. The van der Waals surface area contributed by atoms with Crippen LogP contribution in [0, 0.1) is 0 Å². The van der Waals surface area contributed by atoms with Gasteiger partial charge in [-0.25, -0.2) is 0 Å². The SMILES string of the molecule is CCCc1ccc(C(N)=O)cc1.Cl. The van der Waals surface area contributed by atoms with Crippen LogP contribution < -0.4 is 5.73 Å². The summed E-state index contributed by atoms with van der Waals surface area (Å²) in [6.07, 6.45) is 2.18. The third kappa shape index (κ3) is 3.47. The van der Waals surface area contributed by atoms with Crippen molar-refractivity contribution < 1.29 is 4.79 Å². The molecule has 13 heavy (non-hydrogen) atoms. The number of hydrogen-bond donors (Lipinski definition) is 1. The minimum Gasteiger partial charge on any atom is -0.366 e. The lowest BCUT2D eigenvalue weighted by molar-refractivity contribution is 0.100. The van der Waals surface area contributed by atoms with Crippen LogP contribution in [0.2, 0.25) is 0 Å². The van der Waals surface area contributed by atoms with Crippen LogP contribution in [0.4, 0.5) is 0 Å². The van der Waals surface area contributed by atoms with Gasteiger partial charge in [-0.1, -0.05) is 25.5 Å². The van der Waals surface area contributed by atoms with E-state index < -0.39 is 0 Å². The standard InChI is InChI=1S/C10H13NO.ClH/c1-2-3-8-4-6-9(7-5-8)10(11)12;/h4-7H,2-3H2,1H3,(H2,11,12);1H. The summed E-state index contributed by atoms with van der Waals surface area (Å²) in [6.45, 7) is 2.13. The van der Waals surface area contributed by atoms with Crippen LogP contribution in [0.25, 0.3) is 0 Å². The summed E-state index contributed by atoms with van der Waals surface area (Å²) in [6, 6.07) is 7.44. The molecule has 0 bridgehead atoms. The summed E-state index contributed by atoms with van der Waals surface area (Å²) >= 11 is 0. The van der Waals surface area contributed by atoms with Gasteiger partial charge in [0.2, 0.25) is 5.91 Å². The Bertz CT molecular complexity index is 269. The molecule has 0 radical (unpaired) electrons. The van der Waals surface area contributed by atoms with Crippen molar-refractivity contribution in [3.8, 4) is 0 Å². The van der Waals surface area contributed by atoms with Crippen molar-refractivity contribution in [1.82, 2.24) is 0 Å². The summed E-state index contributed by atoms with van der Waals surface area (Å²) < 4.78 is 0. The zero-order valence-corrected chi connectivity index (χ0v) is 8.43. The average Bonchev–Trinajstić information content (AvgIpc) is 2.06. The molecule has 72 valence electrons. The van der Waals surface area contributed by atoms with Gasteiger partial charge in [-0.3, -0.25) is 4.79 Å². The number of nitrogens with two attached hydrogens (primary N) is 1. The predicted molar refractivity (Wildman–Crippen MR) is 56.2 cm³/mol. The zero-order chi connectivity index (χ0) is 8.97. The fraction of sp³-hybridized carbons (Fsp3) is 0.300. The first kappa shape index (κ1) is 12.0. The topological polar surface area (TPSA) is 43.1 Å². The quantitative estimate of drug-likeness (QED) is 0.797. The van der Waals surface area contributed by atoms with E-state index in [2.05, 4.69) is 6.92 Å². The van der Waals surface area contributed by atoms with Crippen molar-refractivity contribution in [1.29, 1.82) is 0 Å². The minimum atomic E-state index is -0.363. The highest BCUT2D eigenvalue weighted by molar-refractivity contribution is 5.92. The molecule has 0 atom stereocenters. The normalized spacial score (nSPS) is 9.00.